The first-order valence-corrected chi connectivity index (χ1v) is 6.88. The highest BCUT2D eigenvalue weighted by Gasteiger charge is 2.25. The topological polar surface area (TPSA) is 126 Å². The number of imidazole rings is 1. The second kappa shape index (κ2) is 4.12. The molecule has 0 aliphatic carbocycles. The third-order valence-electron chi connectivity index (χ3n) is 2.52. The van der Waals surface area contributed by atoms with Crippen molar-refractivity contribution < 1.29 is 13.3 Å². The van der Waals surface area contributed by atoms with Crippen molar-refractivity contribution in [1.82, 2.24) is 24.3 Å². The summed E-state index contributed by atoms with van der Waals surface area (Å²) in [6.45, 7) is 0. The van der Waals surface area contributed by atoms with E-state index in [0.29, 0.717) is 0 Å². The Morgan fingerprint density at radius 2 is 1.84 bits per heavy atom. The van der Waals surface area contributed by atoms with Crippen LogP contribution in [0.2, 0.25) is 0 Å². The van der Waals surface area contributed by atoms with Gasteiger partial charge in [0.15, 0.2) is 0 Å². The predicted molar refractivity (Wildman–Crippen MR) is 63.0 cm³/mol. The lowest BCUT2D eigenvalue weighted by Crippen LogP contribution is -2.08. The number of nitrogens with zero attached hydrogens (tertiary/aromatic N) is 6. The number of hydrogen-bond donors (Lipinski definition) is 0. The average molecular weight is 286 g/mol. The summed E-state index contributed by atoms with van der Waals surface area (Å²) in [5.74, 6) is 0.0755. The number of hydrogen-bond acceptors (Lipinski definition) is 7. The lowest BCUT2D eigenvalue weighted by Gasteiger charge is -2.00. The highest BCUT2D eigenvalue weighted by atomic mass is 32.2. The maximum Gasteiger partial charge on any atom is 0.343 e. The Morgan fingerprint density at radius 3 is 2.26 bits per heavy atom. The fourth-order valence-corrected chi connectivity index (χ4v) is 2.38. The fraction of sp³-hybridized carbons (Fsp3) is 0.375. The molecule has 2 aromatic heterocycles. The van der Waals surface area contributed by atoms with Gasteiger partial charge in [0.1, 0.15) is 6.20 Å². The molecule has 0 N–H and O–H groups in total. The van der Waals surface area contributed by atoms with Crippen molar-refractivity contribution in [2.24, 2.45) is 14.1 Å². The van der Waals surface area contributed by atoms with Gasteiger partial charge in [-0.15, -0.1) is 10.2 Å². The van der Waals surface area contributed by atoms with Gasteiger partial charge >= 0.3 is 5.82 Å². The first kappa shape index (κ1) is 13.1. The summed E-state index contributed by atoms with van der Waals surface area (Å²) in [5.41, 5.74) is 0. The van der Waals surface area contributed by atoms with Gasteiger partial charge in [0.2, 0.25) is 20.8 Å². The van der Waals surface area contributed by atoms with E-state index in [4.69, 9.17) is 0 Å². The molecule has 10 nitrogen and oxygen atoms in total. The monoisotopic (exact) mass is 286 g/mol. The van der Waals surface area contributed by atoms with Gasteiger partial charge in [-0.05, 0) is 4.92 Å². The molecule has 0 atom stereocenters. The SMILES string of the molecule is Cn1c([N+](=O)[O-])cnc1-c1nnc(S(C)(=O)=O)n1C. The van der Waals surface area contributed by atoms with Crippen molar-refractivity contribution >= 4 is 15.7 Å². The average Bonchev–Trinajstić information content (AvgIpc) is 2.80. The minimum atomic E-state index is -3.52. The molecule has 0 bridgehead atoms. The largest absolute Gasteiger partial charge is 0.358 e. The Labute approximate surface area is 107 Å². The van der Waals surface area contributed by atoms with Crippen molar-refractivity contribution in [2.45, 2.75) is 5.16 Å². The van der Waals surface area contributed by atoms with Crippen molar-refractivity contribution in [1.29, 1.82) is 0 Å². The molecule has 2 aromatic rings. The van der Waals surface area contributed by atoms with E-state index in [1.165, 1.54) is 23.2 Å². The molecule has 102 valence electrons. The molecule has 0 aliphatic rings. The number of sulfone groups is 1. The van der Waals surface area contributed by atoms with Crippen LogP contribution >= 0.6 is 0 Å². The molecule has 0 saturated carbocycles. The van der Waals surface area contributed by atoms with Crippen molar-refractivity contribution in [2.75, 3.05) is 6.26 Å². The van der Waals surface area contributed by atoms with Gasteiger partial charge in [0.25, 0.3) is 5.82 Å². The smallest absolute Gasteiger partial charge is 0.343 e. The molecule has 0 radical (unpaired) electrons. The molecule has 0 aliphatic heterocycles. The summed E-state index contributed by atoms with van der Waals surface area (Å²) in [5, 5.41) is 17.8. The van der Waals surface area contributed by atoms with Crippen LogP contribution in [0.25, 0.3) is 11.6 Å². The first-order valence-electron chi connectivity index (χ1n) is 4.99. The van der Waals surface area contributed by atoms with E-state index in [-0.39, 0.29) is 22.6 Å². The van der Waals surface area contributed by atoms with Crippen LogP contribution in [0.1, 0.15) is 0 Å². The Hall–Kier alpha value is -2.30. The van der Waals surface area contributed by atoms with Gasteiger partial charge in [-0.25, -0.2) is 18.0 Å². The van der Waals surface area contributed by atoms with E-state index >= 15 is 0 Å². The molecule has 2 heterocycles. The van der Waals surface area contributed by atoms with Gasteiger partial charge in [0.05, 0.1) is 7.05 Å². The van der Waals surface area contributed by atoms with Crippen LogP contribution < -0.4 is 0 Å². The quantitative estimate of drug-likeness (QED) is 0.551. The van der Waals surface area contributed by atoms with Crippen LogP contribution in [0.5, 0.6) is 0 Å². The molecule has 0 fully saturated rings. The highest BCUT2D eigenvalue weighted by molar-refractivity contribution is 7.90. The van der Waals surface area contributed by atoms with Crippen molar-refractivity contribution in [3.8, 4) is 11.6 Å². The Bertz CT molecular complexity index is 758. The molecule has 11 heteroatoms. The Kier molecular flexibility index (Phi) is 2.85. The summed E-state index contributed by atoms with van der Waals surface area (Å²) in [7, 11) is -0.634. The number of nitro groups is 1. The maximum absolute atomic E-state index is 11.4. The third-order valence-corrected chi connectivity index (χ3v) is 3.54. The third kappa shape index (κ3) is 2.07. The zero-order valence-corrected chi connectivity index (χ0v) is 11.1. The summed E-state index contributed by atoms with van der Waals surface area (Å²) < 4.78 is 25.3. The van der Waals surface area contributed by atoms with Crippen LogP contribution in [-0.4, -0.2) is 43.9 Å². The number of aromatic nitrogens is 5. The first-order chi connectivity index (χ1) is 8.73. The van der Waals surface area contributed by atoms with Gasteiger partial charge in [-0.1, -0.05) is 0 Å². The van der Waals surface area contributed by atoms with E-state index in [1.54, 1.807) is 0 Å². The molecular formula is C8H10N6O4S. The lowest BCUT2D eigenvalue weighted by atomic mass is 10.5. The Morgan fingerprint density at radius 1 is 1.21 bits per heavy atom. The van der Waals surface area contributed by atoms with Crippen molar-refractivity contribution in [3.63, 3.8) is 0 Å². The molecular weight excluding hydrogens is 276 g/mol. The highest BCUT2D eigenvalue weighted by Crippen LogP contribution is 2.21. The van der Waals surface area contributed by atoms with Crippen molar-refractivity contribution in [3.05, 3.63) is 16.3 Å². The van der Waals surface area contributed by atoms with Crippen LogP contribution in [0.4, 0.5) is 5.82 Å². The fourth-order valence-electron chi connectivity index (χ4n) is 1.61. The van der Waals surface area contributed by atoms with Gasteiger partial charge < -0.3 is 10.1 Å². The second-order valence-electron chi connectivity index (χ2n) is 3.89. The minimum Gasteiger partial charge on any atom is -0.358 e. The molecule has 2 rings (SSSR count). The summed E-state index contributed by atoms with van der Waals surface area (Å²) >= 11 is 0. The second-order valence-corrected chi connectivity index (χ2v) is 5.80. The van der Waals surface area contributed by atoms with Crippen LogP contribution in [0.3, 0.4) is 0 Å². The molecule has 19 heavy (non-hydrogen) atoms. The standard InChI is InChI=1S/C8H10N6O4S/c1-12-5(14(15)16)4-9-6(12)7-10-11-8(13(7)2)19(3,17)18/h4H,1-3H3. The maximum atomic E-state index is 11.4. The summed E-state index contributed by atoms with van der Waals surface area (Å²) in [6.07, 6.45) is 2.08. The summed E-state index contributed by atoms with van der Waals surface area (Å²) in [6, 6.07) is 0. The van der Waals surface area contributed by atoms with E-state index in [2.05, 4.69) is 15.2 Å². The predicted octanol–water partition coefficient (Wildman–Crippen LogP) is -0.473. The van der Waals surface area contributed by atoms with Gasteiger partial charge in [0, 0.05) is 13.3 Å². The molecule has 0 saturated heterocycles. The van der Waals surface area contributed by atoms with Gasteiger partial charge in [-0.3, -0.25) is 4.57 Å². The van der Waals surface area contributed by atoms with Gasteiger partial charge in [-0.2, -0.15) is 0 Å². The normalized spacial score (nSPS) is 11.7. The van der Waals surface area contributed by atoms with Crippen LogP contribution in [-0.2, 0) is 23.9 Å². The Balaban J connectivity index is 2.62. The lowest BCUT2D eigenvalue weighted by molar-refractivity contribution is -0.391. The van der Waals surface area contributed by atoms with E-state index in [1.807, 2.05) is 0 Å². The number of rotatable bonds is 3. The van der Waals surface area contributed by atoms with E-state index in [9.17, 15) is 18.5 Å². The molecule has 0 spiro atoms. The van der Waals surface area contributed by atoms with E-state index in [0.717, 1.165) is 12.5 Å². The molecule has 0 amide bonds. The zero-order chi connectivity index (χ0) is 14.4. The van der Waals surface area contributed by atoms with Crippen LogP contribution in [0, 0.1) is 10.1 Å². The van der Waals surface area contributed by atoms with Crippen LogP contribution in [0.15, 0.2) is 11.4 Å². The molecule has 0 unspecified atom stereocenters. The summed E-state index contributed by atoms with van der Waals surface area (Å²) in [4.78, 5) is 14.0. The molecule has 0 aromatic carbocycles. The minimum absolute atomic E-state index is 0.135. The van der Waals surface area contributed by atoms with E-state index < -0.39 is 14.8 Å². The zero-order valence-electron chi connectivity index (χ0n) is 10.3.